The van der Waals surface area contributed by atoms with E-state index in [1.807, 2.05) is 61.9 Å². The molecule has 0 saturated heterocycles. The Balaban J connectivity index is 1.88. The van der Waals surface area contributed by atoms with E-state index in [1.54, 1.807) is 7.05 Å². The number of benzene rings is 1. The van der Waals surface area contributed by atoms with Gasteiger partial charge in [0.05, 0.1) is 6.54 Å². The van der Waals surface area contributed by atoms with Gasteiger partial charge < -0.3 is 9.47 Å². The minimum Gasteiger partial charge on any atom is -0.314 e. The van der Waals surface area contributed by atoms with Crippen LogP contribution in [0.1, 0.15) is 17.7 Å². The number of fused-ring (bicyclic) bond motifs is 3. The zero-order chi connectivity index (χ0) is 20.7. The van der Waals surface area contributed by atoms with E-state index >= 15 is 0 Å². The third-order valence-corrected chi connectivity index (χ3v) is 5.31. The van der Waals surface area contributed by atoms with Gasteiger partial charge in [-0.2, -0.15) is 4.98 Å². The van der Waals surface area contributed by atoms with E-state index in [9.17, 15) is 9.59 Å². The van der Waals surface area contributed by atoms with Crippen LogP contribution in [0.15, 0.2) is 46.1 Å². The highest BCUT2D eigenvalue weighted by atomic mass is 16.2. The molecule has 3 aromatic heterocycles. The molecule has 3 heterocycles. The normalized spacial score (nSPS) is 11.9. The van der Waals surface area contributed by atoms with Crippen molar-refractivity contribution >= 4 is 16.9 Å². The standard InChI is InChI=1S/C21H26N6O2/c1-15-13-26-17-18(22-20(26)25(15)12-8-11-23(2)3)24(4)21(29)27(19(17)28)14-16-9-6-5-7-10-16/h5-7,9-10,13H,8,11-12,14H2,1-4H3. The maximum Gasteiger partial charge on any atom is 0.332 e. The fourth-order valence-corrected chi connectivity index (χ4v) is 3.78. The molecule has 0 saturated carbocycles. The molecule has 0 amide bonds. The second-order valence-corrected chi connectivity index (χ2v) is 7.75. The third kappa shape index (κ3) is 3.29. The first-order valence-electron chi connectivity index (χ1n) is 9.75. The second kappa shape index (κ2) is 7.36. The van der Waals surface area contributed by atoms with E-state index < -0.39 is 0 Å². The summed E-state index contributed by atoms with van der Waals surface area (Å²) in [5, 5.41) is 0. The molecule has 0 N–H and O–H groups in total. The van der Waals surface area contributed by atoms with E-state index in [2.05, 4.69) is 14.5 Å². The quantitative estimate of drug-likeness (QED) is 0.496. The summed E-state index contributed by atoms with van der Waals surface area (Å²) < 4.78 is 6.68. The maximum atomic E-state index is 13.3. The van der Waals surface area contributed by atoms with E-state index in [0.29, 0.717) is 16.9 Å². The van der Waals surface area contributed by atoms with Gasteiger partial charge in [0, 0.05) is 25.5 Å². The van der Waals surface area contributed by atoms with Crippen LogP contribution in [-0.2, 0) is 20.1 Å². The van der Waals surface area contributed by atoms with Crippen molar-refractivity contribution in [2.45, 2.75) is 26.4 Å². The van der Waals surface area contributed by atoms with Crippen LogP contribution in [-0.4, -0.2) is 48.6 Å². The van der Waals surface area contributed by atoms with Crippen LogP contribution >= 0.6 is 0 Å². The van der Waals surface area contributed by atoms with Crippen LogP contribution in [0.3, 0.4) is 0 Å². The topological polar surface area (TPSA) is 69.5 Å². The van der Waals surface area contributed by atoms with E-state index in [0.717, 1.165) is 30.8 Å². The Labute approximate surface area is 168 Å². The Kier molecular flexibility index (Phi) is 4.87. The predicted molar refractivity (Wildman–Crippen MR) is 114 cm³/mol. The van der Waals surface area contributed by atoms with Gasteiger partial charge >= 0.3 is 5.69 Å². The monoisotopic (exact) mass is 394 g/mol. The number of aryl methyl sites for hydroxylation is 3. The van der Waals surface area contributed by atoms with Crippen molar-refractivity contribution in [1.29, 1.82) is 0 Å². The molecule has 0 fully saturated rings. The number of hydrogen-bond donors (Lipinski definition) is 0. The van der Waals surface area contributed by atoms with Gasteiger partial charge in [-0.15, -0.1) is 0 Å². The Morgan fingerprint density at radius 1 is 1.07 bits per heavy atom. The van der Waals surface area contributed by atoms with E-state index in [-0.39, 0.29) is 17.8 Å². The van der Waals surface area contributed by atoms with Crippen LogP contribution in [0.2, 0.25) is 0 Å². The lowest BCUT2D eigenvalue weighted by Gasteiger charge is -2.10. The maximum absolute atomic E-state index is 13.3. The van der Waals surface area contributed by atoms with Crippen molar-refractivity contribution in [1.82, 2.24) is 28.0 Å². The van der Waals surface area contributed by atoms with E-state index in [4.69, 9.17) is 0 Å². The van der Waals surface area contributed by atoms with Gasteiger partial charge in [0.25, 0.3) is 5.56 Å². The predicted octanol–water partition coefficient (Wildman–Crippen LogP) is 1.46. The molecule has 0 atom stereocenters. The molecule has 0 bridgehead atoms. The zero-order valence-electron chi connectivity index (χ0n) is 17.3. The van der Waals surface area contributed by atoms with Crippen molar-refractivity contribution in [3.8, 4) is 0 Å². The minimum atomic E-state index is -0.358. The van der Waals surface area contributed by atoms with Gasteiger partial charge in [-0.25, -0.2) is 4.79 Å². The average Bonchev–Trinajstić information content (AvgIpc) is 3.20. The summed E-state index contributed by atoms with van der Waals surface area (Å²) in [6, 6.07) is 9.53. The minimum absolute atomic E-state index is 0.234. The van der Waals surface area contributed by atoms with Crippen molar-refractivity contribution in [3.63, 3.8) is 0 Å². The first kappa shape index (κ1) is 19.2. The summed E-state index contributed by atoms with van der Waals surface area (Å²) in [5.74, 6) is 0.695. The summed E-state index contributed by atoms with van der Waals surface area (Å²) in [4.78, 5) is 33.0. The van der Waals surface area contributed by atoms with Gasteiger partial charge in [0.1, 0.15) is 0 Å². The molecular weight excluding hydrogens is 368 g/mol. The van der Waals surface area contributed by atoms with Crippen LogP contribution in [0.4, 0.5) is 0 Å². The molecule has 0 aliphatic heterocycles. The zero-order valence-corrected chi connectivity index (χ0v) is 17.3. The van der Waals surface area contributed by atoms with Crippen molar-refractivity contribution in [2.24, 2.45) is 7.05 Å². The number of aromatic nitrogens is 5. The van der Waals surface area contributed by atoms with Crippen LogP contribution in [0, 0.1) is 6.92 Å². The van der Waals surface area contributed by atoms with Gasteiger partial charge in [0.15, 0.2) is 11.2 Å². The molecule has 0 radical (unpaired) electrons. The first-order valence-corrected chi connectivity index (χ1v) is 9.75. The average molecular weight is 394 g/mol. The highest BCUT2D eigenvalue weighted by Gasteiger charge is 2.20. The van der Waals surface area contributed by atoms with Crippen LogP contribution in [0.25, 0.3) is 16.9 Å². The molecule has 152 valence electrons. The number of rotatable bonds is 6. The summed E-state index contributed by atoms with van der Waals surface area (Å²) in [7, 11) is 5.76. The molecule has 29 heavy (non-hydrogen) atoms. The molecule has 4 aromatic rings. The molecule has 0 aliphatic carbocycles. The molecule has 4 rings (SSSR count). The number of hydrogen-bond acceptors (Lipinski definition) is 4. The Morgan fingerprint density at radius 2 is 1.79 bits per heavy atom. The SMILES string of the molecule is Cc1cn2c3c(=O)n(Cc4ccccc4)c(=O)n(C)c3nc2n1CCCN(C)C. The van der Waals surface area contributed by atoms with Gasteiger partial charge in [-0.05, 0) is 39.5 Å². The summed E-state index contributed by atoms with van der Waals surface area (Å²) >= 11 is 0. The number of imidazole rings is 2. The lowest BCUT2D eigenvalue weighted by atomic mass is 10.2. The fourth-order valence-electron chi connectivity index (χ4n) is 3.78. The van der Waals surface area contributed by atoms with Gasteiger partial charge in [0.2, 0.25) is 5.78 Å². The Bertz CT molecular complexity index is 1290. The van der Waals surface area contributed by atoms with Crippen LogP contribution in [0.5, 0.6) is 0 Å². The van der Waals surface area contributed by atoms with Gasteiger partial charge in [-0.3, -0.25) is 18.3 Å². The third-order valence-electron chi connectivity index (χ3n) is 5.31. The summed E-state index contributed by atoms with van der Waals surface area (Å²) in [5.41, 5.74) is 2.13. The number of nitrogens with zero attached hydrogens (tertiary/aromatic N) is 6. The van der Waals surface area contributed by atoms with Gasteiger partial charge in [-0.1, -0.05) is 30.3 Å². The Hall–Kier alpha value is -3.13. The fraction of sp³-hybridized carbons (Fsp3) is 0.381. The highest BCUT2D eigenvalue weighted by Crippen LogP contribution is 2.16. The lowest BCUT2D eigenvalue weighted by Crippen LogP contribution is -2.39. The van der Waals surface area contributed by atoms with E-state index in [1.165, 1.54) is 9.13 Å². The molecule has 8 heteroatoms. The Morgan fingerprint density at radius 3 is 2.48 bits per heavy atom. The van der Waals surface area contributed by atoms with Crippen molar-refractivity contribution < 1.29 is 0 Å². The smallest absolute Gasteiger partial charge is 0.314 e. The molecular formula is C21H26N6O2. The molecule has 0 aliphatic rings. The second-order valence-electron chi connectivity index (χ2n) is 7.75. The van der Waals surface area contributed by atoms with Crippen molar-refractivity contribution in [3.05, 3.63) is 68.6 Å². The molecule has 8 nitrogen and oxygen atoms in total. The van der Waals surface area contributed by atoms with Crippen LogP contribution < -0.4 is 11.2 Å². The molecule has 0 spiro atoms. The van der Waals surface area contributed by atoms with Crippen molar-refractivity contribution in [2.75, 3.05) is 20.6 Å². The first-order chi connectivity index (χ1) is 13.9. The molecule has 1 aromatic carbocycles. The largest absolute Gasteiger partial charge is 0.332 e. The molecule has 0 unspecified atom stereocenters. The summed E-state index contributed by atoms with van der Waals surface area (Å²) in [6.45, 7) is 4.01. The lowest BCUT2D eigenvalue weighted by molar-refractivity contribution is 0.387. The highest BCUT2D eigenvalue weighted by molar-refractivity contribution is 5.75. The summed E-state index contributed by atoms with van der Waals surface area (Å²) in [6.07, 6.45) is 2.90.